The largest absolute Gasteiger partial charge is 0.462 e. The van der Waals surface area contributed by atoms with Crippen LogP contribution in [0.4, 0.5) is 5.82 Å². The minimum absolute atomic E-state index is 0.316. The number of anilines is 1. The van der Waals surface area contributed by atoms with Gasteiger partial charge in [-0.15, -0.1) is 0 Å². The van der Waals surface area contributed by atoms with Gasteiger partial charge in [0.25, 0.3) is 0 Å². The Morgan fingerprint density at radius 1 is 1.42 bits per heavy atom. The number of nitrogens with one attached hydrogen (secondary N) is 1. The van der Waals surface area contributed by atoms with E-state index in [1.54, 1.807) is 13.8 Å². The van der Waals surface area contributed by atoms with Crippen molar-refractivity contribution >= 4 is 22.9 Å². The third-order valence-electron chi connectivity index (χ3n) is 2.69. The number of aromatic nitrogens is 2. The Balaban J connectivity index is 2.55. The maximum absolute atomic E-state index is 12.0. The lowest BCUT2D eigenvalue weighted by Gasteiger charge is -2.05. The van der Waals surface area contributed by atoms with Crippen molar-refractivity contribution in [2.45, 2.75) is 27.2 Å². The second kappa shape index (κ2) is 5.69. The molecule has 2 rings (SSSR count). The summed E-state index contributed by atoms with van der Waals surface area (Å²) in [4.78, 5) is 20.2. The zero-order valence-corrected chi connectivity index (χ0v) is 11.3. The second-order valence-corrected chi connectivity index (χ2v) is 4.08. The molecule has 0 spiro atoms. The summed E-state index contributed by atoms with van der Waals surface area (Å²) in [6.07, 6.45) is 2.37. The fourth-order valence-electron chi connectivity index (χ4n) is 1.87. The van der Waals surface area contributed by atoms with Crippen molar-refractivity contribution in [1.82, 2.24) is 9.97 Å². The molecular weight excluding hydrogens is 246 g/mol. The number of furan rings is 1. The number of carbonyl (C=O) groups is 1. The van der Waals surface area contributed by atoms with E-state index in [0.717, 1.165) is 13.0 Å². The molecule has 2 aromatic rings. The minimum atomic E-state index is -0.409. The fourth-order valence-corrected chi connectivity index (χ4v) is 1.87. The van der Waals surface area contributed by atoms with Crippen LogP contribution in [0.15, 0.2) is 10.7 Å². The van der Waals surface area contributed by atoms with E-state index in [0.29, 0.717) is 34.8 Å². The average molecular weight is 263 g/mol. The molecule has 0 saturated heterocycles. The molecule has 0 fully saturated rings. The number of rotatable bonds is 5. The van der Waals surface area contributed by atoms with Crippen molar-refractivity contribution in [2.75, 3.05) is 18.5 Å². The monoisotopic (exact) mass is 263 g/mol. The summed E-state index contributed by atoms with van der Waals surface area (Å²) in [6.45, 7) is 6.62. The molecule has 102 valence electrons. The van der Waals surface area contributed by atoms with Crippen molar-refractivity contribution in [3.05, 3.63) is 17.7 Å². The molecule has 0 aliphatic carbocycles. The van der Waals surface area contributed by atoms with Crippen molar-refractivity contribution in [3.63, 3.8) is 0 Å². The highest BCUT2D eigenvalue weighted by molar-refractivity contribution is 6.07. The Kier molecular flexibility index (Phi) is 3.99. The summed E-state index contributed by atoms with van der Waals surface area (Å²) in [7, 11) is 0. The molecule has 0 amide bonds. The summed E-state index contributed by atoms with van der Waals surface area (Å²) in [6, 6.07) is 0. The molecule has 19 heavy (non-hydrogen) atoms. The molecule has 1 N–H and O–H groups in total. The van der Waals surface area contributed by atoms with E-state index >= 15 is 0 Å². The maximum atomic E-state index is 12.0. The Morgan fingerprint density at radius 3 is 2.89 bits per heavy atom. The van der Waals surface area contributed by atoms with E-state index in [4.69, 9.17) is 9.15 Å². The van der Waals surface area contributed by atoms with E-state index in [-0.39, 0.29) is 0 Å². The fraction of sp³-hybridized carbons (Fsp3) is 0.462. The minimum Gasteiger partial charge on any atom is -0.462 e. The van der Waals surface area contributed by atoms with Crippen LogP contribution in [-0.2, 0) is 4.74 Å². The summed E-state index contributed by atoms with van der Waals surface area (Å²) in [5.41, 5.74) is 0.796. The Labute approximate surface area is 111 Å². The van der Waals surface area contributed by atoms with Gasteiger partial charge in [0.15, 0.2) is 0 Å². The Morgan fingerprint density at radius 2 is 2.21 bits per heavy atom. The van der Waals surface area contributed by atoms with Gasteiger partial charge >= 0.3 is 5.97 Å². The van der Waals surface area contributed by atoms with E-state index in [1.165, 1.54) is 6.33 Å². The van der Waals surface area contributed by atoms with E-state index in [2.05, 4.69) is 22.2 Å². The predicted molar refractivity (Wildman–Crippen MR) is 71.3 cm³/mol. The smallest absolute Gasteiger partial charge is 0.342 e. The van der Waals surface area contributed by atoms with E-state index in [1.807, 2.05) is 0 Å². The first-order chi connectivity index (χ1) is 9.19. The number of aryl methyl sites for hydroxylation is 1. The Bertz CT molecular complexity index is 592. The third kappa shape index (κ3) is 2.52. The van der Waals surface area contributed by atoms with Crippen LogP contribution in [0, 0.1) is 6.92 Å². The molecule has 0 saturated carbocycles. The number of fused-ring (bicyclic) bond motifs is 1. The molecule has 0 aromatic carbocycles. The second-order valence-electron chi connectivity index (χ2n) is 4.08. The van der Waals surface area contributed by atoms with Gasteiger partial charge in [-0.25, -0.2) is 14.8 Å². The molecule has 0 bridgehead atoms. The van der Waals surface area contributed by atoms with Crippen LogP contribution >= 0.6 is 0 Å². The number of carbonyl (C=O) groups excluding carboxylic acids is 1. The first-order valence-corrected chi connectivity index (χ1v) is 6.34. The summed E-state index contributed by atoms with van der Waals surface area (Å²) < 4.78 is 10.5. The maximum Gasteiger partial charge on any atom is 0.342 e. The molecule has 6 nitrogen and oxygen atoms in total. The van der Waals surface area contributed by atoms with Crippen LogP contribution in [0.2, 0.25) is 0 Å². The SMILES string of the molecule is CCCNc1ncnc2oc(C)c(C(=O)OCC)c12. The summed E-state index contributed by atoms with van der Waals surface area (Å²) >= 11 is 0. The number of nitrogens with zero attached hydrogens (tertiary/aromatic N) is 2. The lowest BCUT2D eigenvalue weighted by molar-refractivity contribution is 0.0526. The number of hydrogen-bond donors (Lipinski definition) is 1. The molecule has 2 heterocycles. The molecule has 2 aromatic heterocycles. The Hall–Kier alpha value is -2.11. The van der Waals surface area contributed by atoms with E-state index in [9.17, 15) is 4.79 Å². The van der Waals surface area contributed by atoms with Gasteiger partial charge in [-0.1, -0.05) is 6.92 Å². The topological polar surface area (TPSA) is 77.3 Å². The van der Waals surface area contributed by atoms with Gasteiger partial charge in [-0.05, 0) is 20.3 Å². The molecule has 0 aliphatic heterocycles. The predicted octanol–water partition coefficient (Wildman–Crippen LogP) is 2.53. The number of ether oxygens (including phenoxy) is 1. The van der Waals surface area contributed by atoms with Crippen molar-refractivity contribution < 1.29 is 13.9 Å². The number of esters is 1. The first-order valence-electron chi connectivity index (χ1n) is 6.34. The number of hydrogen-bond acceptors (Lipinski definition) is 6. The van der Waals surface area contributed by atoms with E-state index < -0.39 is 5.97 Å². The van der Waals surface area contributed by atoms with Gasteiger partial charge < -0.3 is 14.5 Å². The molecule has 6 heteroatoms. The van der Waals surface area contributed by atoms with Crippen LogP contribution in [0.1, 0.15) is 36.4 Å². The zero-order chi connectivity index (χ0) is 13.8. The highest BCUT2D eigenvalue weighted by atomic mass is 16.5. The molecule has 0 atom stereocenters. The van der Waals surface area contributed by atoms with Crippen LogP contribution in [0.25, 0.3) is 11.1 Å². The quantitative estimate of drug-likeness (QED) is 0.835. The van der Waals surface area contributed by atoms with Crippen LogP contribution in [-0.4, -0.2) is 29.1 Å². The van der Waals surface area contributed by atoms with Gasteiger partial charge in [0.1, 0.15) is 23.5 Å². The lowest BCUT2D eigenvalue weighted by atomic mass is 10.2. The van der Waals surface area contributed by atoms with Crippen LogP contribution < -0.4 is 5.32 Å². The van der Waals surface area contributed by atoms with Gasteiger partial charge in [-0.2, -0.15) is 0 Å². The zero-order valence-electron chi connectivity index (χ0n) is 11.3. The highest BCUT2D eigenvalue weighted by Gasteiger charge is 2.23. The van der Waals surface area contributed by atoms with Crippen molar-refractivity contribution in [3.8, 4) is 0 Å². The van der Waals surface area contributed by atoms with Crippen LogP contribution in [0.5, 0.6) is 0 Å². The van der Waals surface area contributed by atoms with Crippen molar-refractivity contribution in [2.24, 2.45) is 0 Å². The van der Waals surface area contributed by atoms with Crippen molar-refractivity contribution in [1.29, 1.82) is 0 Å². The molecular formula is C13H17N3O3. The molecule has 0 radical (unpaired) electrons. The normalized spacial score (nSPS) is 10.7. The highest BCUT2D eigenvalue weighted by Crippen LogP contribution is 2.29. The van der Waals surface area contributed by atoms with Gasteiger partial charge in [0, 0.05) is 6.54 Å². The third-order valence-corrected chi connectivity index (χ3v) is 2.69. The van der Waals surface area contributed by atoms with Gasteiger partial charge in [-0.3, -0.25) is 0 Å². The summed E-state index contributed by atoms with van der Waals surface area (Å²) in [5.74, 6) is 0.688. The molecule has 0 unspecified atom stereocenters. The van der Waals surface area contributed by atoms with Gasteiger partial charge in [0.05, 0.1) is 12.0 Å². The lowest BCUT2D eigenvalue weighted by Crippen LogP contribution is -2.08. The average Bonchev–Trinajstić information content (AvgIpc) is 2.73. The first kappa shape index (κ1) is 13.3. The molecule has 0 aliphatic rings. The van der Waals surface area contributed by atoms with Gasteiger partial charge in [0.2, 0.25) is 5.71 Å². The van der Waals surface area contributed by atoms with Crippen LogP contribution in [0.3, 0.4) is 0 Å². The summed E-state index contributed by atoms with van der Waals surface area (Å²) in [5, 5.41) is 3.76. The standard InChI is InChI=1S/C13H17N3O3/c1-4-6-14-11-10-9(13(17)18-5-2)8(3)19-12(10)16-7-15-11/h7H,4-6H2,1-3H3,(H,14,15,16).